The summed E-state index contributed by atoms with van der Waals surface area (Å²) in [6, 6.07) is 0.678. The van der Waals surface area contributed by atoms with Crippen LogP contribution in [0, 0.1) is 5.92 Å². The highest BCUT2D eigenvalue weighted by atomic mass is 35.5. The zero-order valence-corrected chi connectivity index (χ0v) is 8.53. The normalized spacial score (nSPS) is 30.2. The van der Waals surface area contributed by atoms with Crippen LogP contribution in [-0.4, -0.2) is 12.6 Å². The summed E-state index contributed by atoms with van der Waals surface area (Å²) in [5.74, 6) is 0.919. The summed E-state index contributed by atoms with van der Waals surface area (Å²) >= 11 is 5.67. The second kappa shape index (κ2) is 4.88. The topological polar surface area (TPSA) is 12.0 Å². The lowest BCUT2D eigenvalue weighted by molar-refractivity contribution is 0.313. The maximum Gasteiger partial charge on any atom is 0.0310 e. The third-order valence-electron chi connectivity index (χ3n) is 2.60. The summed E-state index contributed by atoms with van der Waals surface area (Å²) in [6.07, 6.45) is 5.30. The molecule has 70 valence electrons. The van der Waals surface area contributed by atoms with Gasteiger partial charge in [0.05, 0.1) is 0 Å². The SMILES string of the molecule is C=C(Cl)CNC1CCC(C)CC1. The van der Waals surface area contributed by atoms with Crippen molar-refractivity contribution in [3.63, 3.8) is 0 Å². The van der Waals surface area contributed by atoms with E-state index in [1.807, 2.05) is 0 Å². The quantitative estimate of drug-likeness (QED) is 0.717. The molecule has 12 heavy (non-hydrogen) atoms. The van der Waals surface area contributed by atoms with Crippen molar-refractivity contribution < 1.29 is 0 Å². The van der Waals surface area contributed by atoms with Crippen molar-refractivity contribution in [1.82, 2.24) is 5.32 Å². The van der Waals surface area contributed by atoms with E-state index in [4.69, 9.17) is 11.6 Å². The molecule has 0 aromatic carbocycles. The highest BCUT2D eigenvalue weighted by Crippen LogP contribution is 2.23. The van der Waals surface area contributed by atoms with Crippen LogP contribution in [0.15, 0.2) is 11.6 Å². The van der Waals surface area contributed by atoms with Crippen LogP contribution in [0.1, 0.15) is 32.6 Å². The minimum absolute atomic E-state index is 0.678. The van der Waals surface area contributed by atoms with Gasteiger partial charge in [-0.25, -0.2) is 0 Å². The molecule has 0 radical (unpaired) electrons. The number of hydrogen-bond donors (Lipinski definition) is 1. The molecule has 1 aliphatic carbocycles. The standard InChI is InChI=1S/C10H18ClN/c1-8-3-5-10(6-4-8)12-7-9(2)11/h8,10,12H,2-7H2,1H3. The maximum absolute atomic E-state index is 5.67. The lowest BCUT2D eigenvalue weighted by atomic mass is 9.87. The molecule has 0 aliphatic heterocycles. The van der Waals surface area contributed by atoms with Gasteiger partial charge in [-0.3, -0.25) is 0 Å². The largest absolute Gasteiger partial charge is 0.309 e. The predicted octanol–water partition coefficient (Wildman–Crippen LogP) is 2.91. The molecule has 0 unspecified atom stereocenters. The van der Waals surface area contributed by atoms with E-state index in [2.05, 4.69) is 18.8 Å². The first-order valence-corrected chi connectivity index (χ1v) is 5.13. The van der Waals surface area contributed by atoms with Gasteiger partial charge in [-0.05, 0) is 31.6 Å². The fraction of sp³-hybridized carbons (Fsp3) is 0.800. The van der Waals surface area contributed by atoms with Gasteiger partial charge in [-0.15, -0.1) is 0 Å². The average molecular weight is 188 g/mol. The van der Waals surface area contributed by atoms with E-state index in [-0.39, 0.29) is 0 Å². The lowest BCUT2D eigenvalue weighted by Crippen LogP contribution is -2.33. The molecule has 2 heteroatoms. The molecule has 1 saturated carbocycles. The molecule has 1 N–H and O–H groups in total. The molecule has 1 fully saturated rings. The van der Waals surface area contributed by atoms with Gasteiger partial charge in [-0.1, -0.05) is 25.1 Å². The Morgan fingerprint density at radius 1 is 1.42 bits per heavy atom. The van der Waals surface area contributed by atoms with Gasteiger partial charge in [-0.2, -0.15) is 0 Å². The first-order chi connectivity index (χ1) is 5.68. The summed E-state index contributed by atoms with van der Waals surface area (Å²) in [7, 11) is 0. The molecular weight excluding hydrogens is 170 g/mol. The number of nitrogens with one attached hydrogen (secondary N) is 1. The third kappa shape index (κ3) is 3.59. The summed E-state index contributed by atoms with van der Waals surface area (Å²) in [5, 5.41) is 4.13. The summed E-state index contributed by atoms with van der Waals surface area (Å²) < 4.78 is 0. The van der Waals surface area contributed by atoms with Crippen molar-refractivity contribution in [3.8, 4) is 0 Å². The number of hydrogen-bond acceptors (Lipinski definition) is 1. The van der Waals surface area contributed by atoms with Crippen molar-refractivity contribution in [1.29, 1.82) is 0 Å². The predicted molar refractivity (Wildman–Crippen MR) is 54.4 cm³/mol. The molecular formula is C10H18ClN. The van der Waals surface area contributed by atoms with E-state index in [0.717, 1.165) is 12.5 Å². The third-order valence-corrected chi connectivity index (χ3v) is 2.73. The van der Waals surface area contributed by atoms with Crippen molar-refractivity contribution in [3.05, 3.63) is 11.6 Å². The molecule has 1 nitrogen and oxygen atoms in total. The zero-order valence-electron chi connectivity index (χ0n) is 7.78. The monoisotopic (exact) mass is 187 g/mol. The average Bonchev–Trinajstić information content (AvgIpc) is 2.03. The number of halogens is 1. The molecule has 0 bridgehead atoms. The summed E-state index contributed by atoms with van der Waals surface area (Å²) in [6.45, 7) is 6.75. The van der Waals surface area contributed by atoms with E-state index in [0.29, 0.717) is 11.1 Å². The Labute approximate surface area is 80.2 Å². The maximum atomic E-state index is 5.67. The van der Waals surface area contributed by atoms with Crippen molar-refractivity contribution in [2.24, 2.45) is 5.92 Å². The van der Waals surface area contributed by atoms with Crippen molar-refractivity contribution >= 4 is 11.6 Å². The highest BCUT2D eigenvalue weighted by Gasteiger charge is 2.17. The first kappa shape index (κ1) is 10.1. The van der Waals surface area contributed by atoms with Crippen LogP contribution in [-0.2, 0) is 0 Å². The minimum Gasteiger partial charge on any atom is -0.309 e. The Morgan fingerprint density at radius 2 is 2.00 bits per heavy atom. The van der Waals surface area contributed by atoms with Crippen LogP contribution in [0.4, 0.5) is 0 Å². The molecule has 0 amide bonds. The Morgan fingerprint density at radius 3 is 2.50 bits per heavy atom. The fourth-order valence-corrected chi connectivity index (χ4v) is 1.80. The van der Waals surface area contributed by atoms with Crippen LogP contribution in [0.2, 0.25) is 0 Å². The Bertz CT molecular complexity index is 148. The van der Waals surface area contributed by atoms with Gasteiger partial charge in [0.25, 0.3) is 0 Å². The van der Waals surface area contributed by atoms with Crippen LogP contribution >= 0.6 is 11.6 Å². The molecule has 0 aromatic rings. The van der Waals surface area contributed by atoms with Crippen LogP contribution in [0.5, 0.6) is 0 Å². The molecule has 1 aliphatic rings. The van der Waals surface area contributed by atoms with E-state index in [9.17, 15) is 0 Å². The van der Waals surface area contributed by atoms with Gasteiger partial charge in [0.15, 0.2) is 0 Å². The molecule has 0 aromatic heterocycles. The van der Waals surface area contributed by atoms with Crippen molar-refractivity contribution in [2.75, 3.05) is 6.54 Å². The number of rotatable bonds is 3. The van der Waals surface area contributed by atoms with E-state index in [1.54, 1.807) is 0 Å². The van der Waals surface area contributed by atoms with Gasteiger partial charge in [0.1, 0.15) is 0 Å². The smallest absolute Gasteiger partial charge is 0.0310 e. The second-order valence-electron chi connectivity index (χ2n) is 3.85. The fourth-order valence-electron chi connectivity index (χ4n) is 1.72. The van der Waals surface area contributed by atoms with Gasteiger partial charge in [0, 0.05) is 17.6 Å². The van der Waals surface area contributed by atoms with E-state index in [1.165, 1.54) is 25.7 Å². The van der Waals surface area contributed by atoms with Crippen LogP contribution in [0.3, 0.4) is 0 Å². The van der Waals surface area contributed by atoms with Gasteiger partial charge in [0.2, 0.25) is 0 Å². The first-order valence-electron chi connectivity index (χ1n) is 4.75. The Hall–Kier alpha value is -0.0100. The van der Waals surface area contributed by atoms with Crippen molar-refractivity contribution in [2.45, 2.75) is 38.6 Å². The molecule has 0 saturated heterocycles. The Kier molecular flexibility index (Phi) is 4.10. The van der Waals surface area contributed by atoms with Gasteiger partial charge >= 0.3 is 0 Å². The highest BCUT2D eigenvalue weighted by molar-refractivity contribution is 6.29. The summed E-state index contributed by atoms with van der Waals surface area (Å²) in [5.41, 5.74) is 0. The minimum atomic E-state index is 0.678. The molecule has 0 atom stereocenters. The Balaban J connectivity index is 2.13. The molecule has 1 rings (SSSR count). The molecule has 0 heterocycles. The molecule has 0 spiro atoms. The van der Waals surface area contributed by atoms with Gasteiger partial charge < -0.3 is 5.32 Å². The van der Waals surface area contributed by atoms with E-state index >= 15 is 0 Å². The lowest BCUT2D eigenvalue weighted by Gasteiger charge is -2.26. The summed E-state index contributed by atoms with van der Waals surface area (Å²) in [4.78, 5) is 0. The van der Waals surface area contributed by atoms with Crippen LogP contribution in [0.25, 0.3) is 0 Å². The second-order valence-corrected chi connectivity index (χ2v) is 4.39. The van der Waals surface area contributed by atoms with E-state index < -0.39 is 0 Å². The zero-order chi connectivity index (χ0) is 8.97. The van der Waals surface area contributed by atoms with Crippen LogP contribution < -0.4 is 5.32 Å².